The summed E-state index contributed by atoms with van der Waals surface area (Å²) in [5.74, 6) is 0.873. The molecule has 2 fully saturated rings. The summed E-state index contributed by atoms with van der Waals surface area (Å²) in [6, 6.07) is 12.9. The number of pyridine rings is 1. The van der Waals surface area contributed by atoms with Crippen molar-refractivity contribution in [3.63, 3.8) is 0 Å². The minimum Gasteiger partial charge on any atom is -0.381 e. The van der Waals surface area contributed by atoms with E-state index in [0.717, 1.165) is 79.6 Å². The van der Waals surface area contributed by atoms with Gasteiger partial charge in [-0.3, -0.25) is 9.78 Å². The van der Waals surface area contributed by atoms with Crippen molar-refractivity contribution in [1.82, 2.24) is 19.4 Å². The molecule has 3 aromatic rings. The Labute approximate surface area is 202 Å². The number of hydrogen-bond donors (Lipinski definition) is 0. The number of benzene rings is 1. The van der Waals surface area contributed by atoms with Gasteiger partial charge < -0.3 is 14.2 Å². The molecule has 0 radical (unpaired) electrons. The van der Waals surface area contributed by atoms with Gasteiger partial charge in [-0.1, -0.05) is 30.3 Å². The number of rotatable bonds is 5. The molecule has 1 saturated heterocycles. The lowest BCUT2D eigenvalue weighted by atomic mass is 9.85. The van der Waals surface area contributed by atoms with Crippen LogP contribution in [-0.4, -0.2) is 51.6 Å². The second-order valence-corrected chi connectivity index (χ2v) is 10.2. The van der Waals surface area contributed by atoms with E-state index in [2.05, 4.69) is 53.6 Å². The average Bonchev–Trinajstić information content (AvgIpc) is 3.33. The Bertz CT molecular complexity index is 1120. The van der Waals surface area contributed by atoms with Crippen LogP contribution in [0.25, 0.3) is 22.3 Å². The number of nitrogens with zero attached hydrogens (tertiary/aromatic N) is 4. The molecule has 0 atom stereocenters. The van der Waals surface area contributed by atoms with Crippen LogP contribution >= 0.6 is 0 Å². The van der Waals surface area contributed by atoms with E-state index in [1.165, 1.54) is 0 Å². The third-order valence-corrected chi connectivity index (χ3v) is 7.77. The number of aromatic nitrogens is 3. The van der Waals surface area contributed by atoms with Gasteiger partial charge in [0.25, 0.3) is 0 Å². The fourth-order valence-corrected chi connectivity index (χ4v) is 5.67. The van der Waals surface area contributed by atoms with Gasteiger partial charge in [0.15, 0.2) is 0 Å². The minimum atomic E-state index is 0.169. The van der Waals surface area contributed by atoms with Crippen LogP contribution in [0.4, 0.5) is 0 Å². The van der Waals surface area contributed by atoms with E-state index in [0.29, 0.717) is 24.0 Å². The highest BCUT2D eigenvalue weighted by Gasteiger charge is 2.32. The summed E-state index contributed by atoms with van der Waals surface area (Å²) >= 11 is 0. The maximum absolute atomic E-state index is 13.1. The maximum Gasteiger partial charge on any atom is 0.225 e. The fourth-order valence-electron chi connectivity index (χ4n) is 5.67. The number of carbonyl (C=O) groups is 1. The number of carbonyl (C=O) groups excluding carboxylic acids is 1. The van der Waals surface area contributed by atoms with Crippen LogP contribution in [-0.2, 0) is 9.53 Å². The van der Waals surface area contributed by atoms with Crippen LogP contribution in [0.3, 0.4) is 0 Å². The number of fused-ring (bicyclic) bond motifs is 1. The van der Waals surface area contributed by atoms with Crippen molar-refractivity contribution in [2.45, 2.75) is 70.4 Å². The molecule has 5 rings (SSSR count). The Morgan fingerprint density at radius 3 is 2.38 bits per heavy atom. The first-order chi connectivity index (χ1) is 16.5. The Morgan fingerprint density at radius 1 is 1.03 bits per heavy atom. The molecule has 34 heavy (non-hydrogen) atoms. The van der Waals surface area contributed by atoms with Crippen LogP contribution in [0.1, 0.15) is 70.0 Å². The third kappa shape index (κ3) is 4.48. The molecule has 1 amide bonds. The fraction of sp³-hybridized carbons (Fsp3) is 0.536. The lowest BCUT2D eigenvalue weighted by Crippen LogP contribution is -2.42. The van der Waals surface area contributed by atoms with Gasteiger partial charge in [-0.2, -0.15) is 0 Å². The summed E-state index contributed by atoms with van der Waals surface area (Å²) in [6.07, 6.45) is 8.09. The number of amides is 1. The molecule has 1 aliphatic heterocycles. The molecule has 0 unspecified atom stereocenters. The van der Waals surface area contributed by atoms with Crippen LogP contribution in [0, 0.1) is 5.92 Å². The molecule has 2 aromatic heterocycles. The van der Waals surface area contributed by atoms with E-state index >= 15 is 0 Å². The highest BCUT2D eigenvalue weighted by atomic mass is 16.5. The first-order valence-electron chi connectivity index (χ1n) is 12.8. The average molecular weight is 461 g/mol. The van der Waals surface area contributed by atoms with E-state index in [1.807, 2.05) is 12.4 Å². The second kappa shape index (κ2) is 9.87. The highest BCUT2D eigenvalue weighted by Crippen LogP contribution is 2.35. The molecule has 0 N–H and O–H groups in total. The quantitative estimate of drug-likeness (QED) is 0.498. The third-order valence-electron chi connectivity index (χ3n) is 7.77. The Kier molecular flexibility index (Phi) is 6.68. The summed E-state index contributed by atoms with van der Waals surface area (Å²) in [7, 11) is 1.78. The van der Waals surface area contributed by atoms with Crippen molar-refractivity contribution < 1.29 is 9.53 Å². The van der Waals surface area contributed by atoms with E-state index in [4.69, 9.17) is 14.7 Å². The van der Waals surface area contributed by atoms with Crippen LogP contribution in [0.5, 0.6) is 0 Å². The topological polar surface area (TPSA) is 60.2 Å². The summed E-state index contributed by atoms with van der Waals surface area (Å²) < 4.78 is 7.72. The SMILES string of the molecule is COC1CCC(C(=O)N2CCC(c3cc4c(ncn4C(C)C)c(-c4ccccc4)n3)CC2)CC1. The van der Waals surface area contributed by atoms with Crippen LogP contribution in [0.15, 0.2) is 42.7 Å². The van der Waals surface area contributed by atoms with Crippen LogP contribution < -0.4 is 0 Å². The molecule has 0 bridgehead atoms. The standard InChI is InChI=1S/C28H36N4O2/c1-19(2)32-18-29-27-25(32)17-24(30-26(27)21-7-5-4-6-8-21)20-13-15-31(16-14-20)28(33)22-9-11-23(34-3)12-10-22/h4-8,17-20,22-23H,9-16H2,1-3H3. The summed E-state index contributed by atoms with van der Waals surface area (Å²) in [5, 5.41) is 0. The zero-order chi connectivity index (χ0) is 23.7. The van der Waals surface area contributed by atoms with Crippen molar-refractivity contribution >= 4 is 16.9 Å². The van der Waals surface area contributed by atoms with Crippen molar-refractivity contribution in [2.24, 2.45) is 5.92 Å². The largest absolute Gasteiger partial charge is 0.381 e. The molecule has 180 valence electrons. The number of ether oxygens (including phenoxy) is 1. The predicted octanol–water partition coefficient (Wildman–Crippen LogP) is 5.59. The Hall–Kier alpha value is -2.73. The summed E-state index contributed by atoms with van der Waals surface area (Å²) in [6.45, 7) is 6.01. The van der Waals surface area contributed by atoms with Gasteiger partial charge in [-0.15, -0.1) is 0 Å². The summed E-state index contributed by atoms with van der Waals surface area (Å²) in [5.41, 5.74) is 5.29. The molecule has 0 spiro atoms. The van der Waals surface area contributed by atoms with E-state index < -0.39 is 0 Å². The van der Waals surface area contributed by atoms with Crippen molar-refractivity contribution in [1.29, 1.82) is 0 Å². The van der Waals surface area contributed by atoms with Gasteiger partial charge in [0.05, 0.1) is 23.6 Å². The summed E-state index contributed by atoms with van der Waals surface area (Å²) in [4.78, 5) is 25.1. The Morgan fingerprint density at radius 2 is 1.74 bits per heavy atom. The monoisotopic (exact) mass is 460 g/mol. The number of hydrogen-bond acceptors (Lipinski definition) is 4. The van der Waals surface area contributed by atoms with Gasteiger partial charge >= 0.3 is 0 Å². The van der Waals surface area contributed by atoms with E-state index in [9.17, 15) is 4.79 Å². The second-order valence-electron chi connectivity index (χ2n) is 10.2. The molecule has 6 heteroatoms. The molecular formula is C28H36N4O2. The molecular weight excluding hydrogens is 424 g/mol. The van der Waals surface area contributed by atoms with Crippen molar-refractivity contribution in [3.8, 4) is 11.3 Å². The molecule has 1 aliphatic carbocycles. The van der Waals surface area contributed by atoms with Gasteiger partial charge in [-0.25, -0.2) is 4.98 Å². The number of imidazole rings is 1. The highest BCUT2D eigenvalue weighted by molar-refractivity contribution is 5.90. The van der Waals surface area contributed by atoms with Crippen LogP contribution in [0.2, 0.25) is 0 Å². The Balaban J connectivity index is 1.36. The van der Waals surface area contributed by atoms with Gasteiger partial charge in [0, 0.05) is 49.3 Å². The normalized spacial score (nSPS) is 21.9. The molecule has 6 nitrogen and oxygen atoms in total. The molecule has 3 heterocycles. The van der Waals surface area contributed by atoms with Gasteiger partial charge in [0.2, 0.25) is 5.91 Å². The minimum absolute atomic E-state index is 0.169. The maximum atomic E-state index is 13.1. The van der Waals surface area contributed by atoms with E-state index in [1.54, 1.807) is 7.11 Å². The number of methoxy groups -OCH3 is 1. The van der Waals surface area contributed by atoms with Gasteiger partial charge in [-0.05, 0) is 58.4 Å². The van der Waals surface area contributed by atoms with Crippen molar-refractivity contribution in [2.75, 3.05) is 20.2 Å². The lowest BCUT2D eigenvalue weighted by Gasteiger charge is -2.36. The van der Waals surface area contributed by atoms with E-state index in [-0.39, 0.29) is 5.92 Å². The molecule has 1 aromatic carbocycles. The molecule has 1 saturated carbocycles. The first kappa shape index (κ1) is 23.0. The number of piperidine rings is 1. The smallest absolute Gasteiger partial charge is 0.225 e. The zero-order valence-corrected chi connectivity index (χ0v) is 20.6. The zero-order valence-electron chi connectivity index (χ0n) is 20.6. The molecule has 2 aliphatic rings. The lowest BCUT2D eigenvalue weighted by molar-refractivity contribution is -0.138. The number of likely N-dealkylation sites (tertiary alicyclic amines) is 1. The van der Waals surface area contributed by atoms with Crippen molar-refractivity contribution in [3.05, 3.63) is 48.4 Å². The van der Waals surface area contributed by atoms with Gasteiger partial charge in [0.1, 0.15) is 5.52 Å². The first-order valence-corrected chi connectivity index (χ1v) is 12.8. The predicted molar refractivity (Wildman–Crippen MR) is 135 cm³/mol.